The lowest BCUT2D eigenvalue weighted by atomic mass is 10.1. The summed E-state index contributed by atoms with van der Waals surface area (Å²) in [7, 11) is 1.49. The van der Waals surface area contributed by atoms with Gasteiger partial charge >= 0.3 is 0 Å². The van der Waals surface area contributed by atoms with E-state index in [9.17, 15) is 14.4 Å². The molecule has 0 fully saturated rings. The van der Waals surface area contributed by atoms with E-state index in [4.69, 9.17) is 9.47 Å². The molecule has 0 aliphatic rings. The average molecular weight is 413 g/mol. The Morgan fingerprint density at radius 3 is 2.43 bits per heavy atom. The minimum Gasteiger partial charge on any atom is -0.493 e. The van der Waals surface area contributed by atoms with Gasteiger partial charge in [0.05, 0.1) is 13.7 Å². The number of hydrazine groups is 1. The molecular weight excluding hydrogens is 386 g/mol. The summed E-state index contributed by atoms with van der Waals surface area (Å²) < 4.78 is 10.8. The number of hydrogen-bond donors (Lipinski definition) is 3. The molecule has 2 rings (SSSR count). The van der Waals surface area contributed by atoms with E-state index in [1.54, 1.807) is 24.3 Å². The van der Waals surface area contributed by atoms with Crippen LogP contribution in [0.15, 0.2) is 42.5 Å². The van der Waals surface area contributed by atoms with Crippen molar-refractivity contribution in [1.29, 1.82) is 0 Å². The van der Waals surface area contributed by atoms with Crippen LogP contribution >= 0.6 is 0 Å². The average Bonchev–Trinajstić information content (AvgIpc) is 2.76. The summed E-state index contributed by atoms with van der Waals surface area (Å²) in [6, 6.07) is 12.0. The fraction of sp³-hybridized carbons (Fsp3) is 0.318. The van der Waals surface area contributed by atoms with E-state index in [1.165, 1.54) is 13.2 Å². The third-order valence-corrected chi connectivity index (χ3v) is 4.23. The van der Waals surface area contributed by atoms with Gasteiger partial charge in [0, 0.05) is 24.1 Å². The highest BCUT2D eigenvalue weighted by Crippen LogP contribution is 2.28. The molecule has 2 aromatic rings. The molecule has 0 bridgehead atoms. The topological polar surface area (TPSA) is 106 Å². The molecule has 160 valence electrons. The maximum Gasteiger partial charge on any atom is 0.269 e. The van der Waals surface area contributed by atoms with Gasteiger partial charge < -0.3 is 14.8 Å². The Morgan fingerprint density at radius 1 is 0.967 bits per heavy atom. The van der Waals surface area contributed by atoms with Crippen molar-refractivity contribution in [2.45, 2.75) is 26.7 Å². The van der Waals surface area contributed by atoms with Gasteiger partial charge in [0.25, 0.3) is 11.8 Å². The standard InChI is InChI=1S/C22H27N3O5/c1-4-13-30-18-10-9-16(14-19(18)29-3)21(27)25-24-20(26)11-12-23-22(28)17-8-6-5-7-15(17)2/h5-10,14H,4,11-13H2,1-3H3,(H,23,28)(H,24,26)(H,25,27). The van der Waals surface area contributed by atoms with E-state index >= 15 is 0 Å². The first-order chi connectivity index (χ1) is 14.5. The zero-order chi connectivity index (χ0) is 21.9. The minimum absolute atomic E-state index is 0.0189. The monoisotopic (exact) mass is 413 g/mol. The summed E-state index contributed by atoms with van der Waals surface area (Å²) in [5, 5.41) is 2.69. The lowest BCUT2D eigenvalue weighted by Gasteiger charge is -2.12. The van der Waals surface area contributed by atoms with Crippen molar-refractivity contribution >= 4 is 17.7 Å². The van der Waals surface area contributed by atoms with Crippen molar-refractivity contribution in [3.05, 3.63) is 59.2 Å². The summed E-state index contributed by atoms with van der Waals surface area (Å²) in [5.41, 5.74) is 6.40. The number of methoxy groups -OCH3 is 1. The number of rotatable bonds is 9. The molecule has 0 spiro atoms. The van der Waals surface area contributed by atoms with Gasteiger partial charge in [-0.3, -0.25) is 25.2 Å². The van der Waals surface area contributed by atoms with Crippen LogP contribution in [0.25, 0.3) is 0 Å². The van der Waals surface area contributed by atoms with E-state index in [2.05, 4.69) is 16.2 Å². The summed E-state index contributed by atoms with van der Waals surface area (Å²) in [6.45, 7) is 4.52. The molecular formula is C22H27N3O5. The lowest BCUT2D eigenvalue weighted by molar-refractivity contribution is -0.121. The molecule has 0 aliphatic carbocycles. The normalized spacial score (nSPS) is 10.1. The van der Waals surface area contributed by atoms with Crippen LogP contribution in [0.1, 0.15) is 46.0 Å². The predicted octanol–water partition coefficient (Wildman–Crippen LogP) is 2.37. The maximum absolute atomic E-state index is 12.3. The highest BCUT2D eigenvalue weighted by atomic mass is 16.5. The Labute approximate surface area is 175 Å². The Bertz CT molecular complexity index is 898. The number of aryl methyl sites for hydroxylation is 1. The predicted molar refractivity (Wildman–Crippen MR) is 113 cm³/mol. The molecule has 3 amide bonds. The first kappa shape index (κ1) is 22.7. The molecule has 0 aromatic heterocycles. The van der Waals surface area contributed by atoms with E-state index in [-0.39, 0.29) is 18.9 Å². The summed E-state index contributed by atoms with van der Waals surface area (Å²) in [5.74, 6) is -0.191. The molecule has 0 saturated heterocycles. The largest absolute Gasteiger partial charge is 0.493 e. The van der Waals surface area contributed by atoms with Crippen LogP contribution < -0.4 is 25.6 Å². The summed E-state index contributed by atoms with van der Waals surface area (Å²) >= 11 is 0. The van der Waals surface area contributed by atoms with Crippen LogP contribution in [0.3, 0.4) is 0 Å². The highest BCUT2D eigenvalue weighted by molar-refractivity contribution is 5.97. The van der Waals surface area contributed by atoms with Crippen molar-refractivity contribution in [3.8, 4) is 11.5 Å². The molecule has 0 radical (unpaired) electrons. The number of ether oxygens (including phenoxy) is 2. The zero-order valence-corrected chi connectivity index (χ0v) is 17.4. The number of hydrogen-bond acceptors (Lipinski definition) is 5. The number of benzene rings is 2. The molecule has 0 aliphatic heterocycles. The van der Waals surface area contributed by atoms with E-state index in [0.717, 1.165) is 12.0 Å². The molecule has 2 aromatic carbocycles. The molecule has 0 saturated carbocycles. The Hall–Kier alpha value is -3.55. The Morgan fingerprint density at radius 2 is 1.73 bits per heavy atom. The van der Waals surface area contributed by atoms with Gasteiger partial charge in [-0.1, -0.05) is 25.1 Å². The van der Waals surface area contributed by atoms with Crippen LogP contribution in [0, 0.1) is 6.92 Å². The first-order valence-corrected chi connectivity index (χ1v) is 9.70. The SMILES string of the molecule is CCCOc1ccc(C(=O)NNC(=O)CCNC(=O)c2ccccc2C)cc1OC. The lowest BCUT2D eigenvalue weighted by Crippen LogP contribution is -2.42. The van der Waals surface area contributed by atoms with Gasteiger partial charge in [-0.05, 0) is 43.2 Å². The van der Waals surface area contributed by atoms with Gasteiger partial charge in [-0.25, -0.2) is 0 Å². The van der Waals surface area contributed by atoms with Crippen molar-refractivity contribution in [2.24, 2.45) is 0 Å². The smallest absolute Gasteiger partial charge is 0.269 e. The van der Waals surface area contributed by atoms with Gasteiger partial charge in [-0.15, -0.1) is 0 Å². The molecule has 0 atom stereocenters. The second kappa shape index (κ2) is 11.5. The van der Waals surface area contributed by atoms with Crippen LogP contribution in [0.2, 0.25) is 0 Å². The van der Waals surface area contributed by atoms with Crippen LogP contribution in [0.4, 0.5) is 0 Å². The van der Waals surface area contributed by atoms with Gasteiger partial charge in [0.15, 0.2) is 11.5 Å². The molecule has 8 nitrogen and oxygen atoms in total. The highest BCUT2D eigenvalue weighted by Gasteiger charge is 2.13. The van der Waals surface area contributed by atoms with Crippen molar-refractivity contribution in [3.63, 3.8) is 0 Å². The molecule has 8 heteroatoms. The van der Waals surface area contributed by atoms with Crippen molar-refractivity contribution in [2.75, 3.05) is 20.3 Å². The van der Waals surface area contributed by atoms with Crippen molar-refractivity contribution in [1.82, 2.24) is 16.2 Å². The molecule has 0 unspecified atom stereocenters. The third-order valence-electron chi connectivity index (χ3n) is 4.23. The second-order valence-electron chi connectivity index (χ2n) is 6.54. The fourth-order valence-corrected chi connectivity index (χ4v) is 2.61. The second-order valence-corrected chi connectivity index (χ2v) is 6.54. The molecule has 30 heavy (non-hydrogen) atoms. The zero-order valence-electron chi connectivity index (χ0n) is 17.4. The van der Waals surface area contributed by atoms with Crippen LogP contribution in [-0.2, 0) is 4.79 Å². The Balaban J connectivity index is 1.79. The minimum atomic E-state index is -0.493. The van der Waals surface area contributed by atoms with Crippen LogP contribution in [0.5, 0.6) is 11.5 Å². The van der Waals surface area contributed by atoms with E-state index in [0.29, 0.717) is 29.2 Å². The molecule has 0 heterocycles. The Kier molecular flexibility index (Phi) is 8.68. The van der Waals surface area contributed by atoms with E-state index in [1.807, 2.05) is 26.0 Å². The third kappa shape index (κ3) is 6.51. The number of nitrogens with one attached hydrogen (secondary N) is 3. The quantitative estimate of drug-likeness (QED) is 0.548. The number of carbonyl (C=O) groups excluding carboxylic acids is 3. The number of carbonyl (C=O) groups is 3. The maximum atomic E-state index is 12.3. The summed E-state index contributed by atoms with van der Waals surface area (Å²) in [6.07, 6.45) is 0.869. The number of amides is 3. The van der Waals surface area contributed by atoms with Gasteiger partial charge in [0.2, 0.25) is 5.91 Å². The van der Waals surface area contributed by atoms with E-state index < -0.39 is 11.8 Å². The first-order valence-electron chi connectivity index (χ1n) is 9.70. The summed E-state index contributed by atoms with van der Waals surface area (Å²) in [4.78, 5) is 36.3. The van der Waals surface area contributed by atoms with Crippen molar-refractivity contribution < 1.29 is 23.9 Å². The van der Waals surface area contributed by atoms with Gasteiger partial charge in [0.1, 0.15) is 0 Å². The molecule has 3 N–H and O–H groups in total. The van der Waals surface area contributed by atoms with Crippen LogP contribution in [-0.4, -0.2) is 38.0 Å². The fourth-order valence-electron chi connectivity index (χ4n) is 2.61. The van der Waals surface area contributed by atoms with Gasteiger partial charge in [-0.2, -0.15) is 0 Å².